The molecule has 8 heteroatoms. The van der Waals surface area contributed by atoms with Gasteiger partial charge in [-0.2, -0.15) is 5.10 Å². The van der Waals surface area contributed by atoms with Gasteiger partial charge in [0.05, 0.1) is 19.2 Å². The van der Waals surface area contributed by atoms with E-state index < -0.39 is 11.2 Å². The number of hydrogen-bond donors (Lipinski definition) is 2. The zero-order chi connectivity index (χ0) is 16.1. The number of methoxy groups -OCH3 is 1. The zero-order valence-corrected chi connectivity index (χ0v) is 12.9. The summed E-state index contributed by atoms with van der Waals surface area (Å²) in [5, 5.41) is 18.9. The van der Waals surface area contributed by atoms with E-state index in [0.717, 1.165) is 17.3 Å². The lowest BCUT2D eigenvalue weighted by atomic mass is 10.1. The maximum Gasteiger partial charge on any atom is 0.305 e. The fraction of sp³-hybridized carbons (Fsp3) is 0.286. The Labute approximate surface area is 131 Å². The monoisotopic (exact) mass is 321 g/mol. The molecule has 1 unspecified atom stereocenters. The number of aliphatic carboxylic acids is 1. The average Bonchev–Trinajstić information content (AvgIpc) is 2.84. The van der Waals surface area contributed by atoms with Crippen molar-refractivity contribution in [1.29, 1.82) is 0 Å². The molecule has 1 saturated heterocycles. The van der Waals surface area contributed by atoms with Gasteiger partial charge < -0.3 is 15.2 Å². The van der Waals surface area contributed by atoms with E-state index in [1.54, 1.807) is 14.0 Å². The van der Waals surface area contributed by atoms with Gasteiger partial charge in [-0.15, -0.1) is 5.10 Å². The highest BCUT2D eigenvalue weighted by atomic mass is 32.2. The normalized spacial score (nSPS) is 20.1. The molecule has 1 aliphatic heterocycles. The number of ether oxygens (including phenoxy) is 1. The number of benzene rings is 1. The second kappa shape index (κ2) is 7.08. The lowest BCUT2D eigenvalue weighted by Gasteiger charge is -2.02. The van der Waals surface area contributed by atoms with Gasteiger partial charge in [0, 0.05) is 5.56 Å². The molecule has 0 aliphatic carbocycles. The minimum Gasteiger partial charge on any atom is -0.497 e. The SMILES string of the molecule is COc1cccc(C(C)=N/N=C2\NC(=O)C(CC(=O)O)S2)c1. The van der Waals surface area contributed by atoms with Crippen molar-refractivity contribution in [1.82, 2.24) is 5.32 Å². The van der Waals surface area contributed by atoms with Crippen LogP contribution in [0.4, 0.5) is 0 Å². The maximum absolute atomic E-state index is 11.6. The number of nitrogens with one attached hydrogen (secondary N) is 1. The first kappa shape index (κ1) is 16.0. The van der Waals surface area contributed by atoms with Crippen molar-refractivity contribution in [2.45, 2.75) is 18.6 Å². The van der Waals surface area contributed by atoms with Crippen LogP contribution < -0.4 is 10.1 Å². The number of nitrogens with zero attached hydrogens (tertiary/aromatic N) is 2. The molecule has 1 heterocycles. The summed E-state index contributed by atoms with van der Waals surface area (Å²) in [6, 6.07) is 7.36. The lowest BCUT2D eigenvalue weighted by Crippen LogP contribution is -2.26. The van der Waals surface area contributed by atoms with Gasteiger partial charge in [-0.05, 0) is 19.1 Å². The number of hydrogen-bond acceptors (Lipinski definition) is 6. The van der Waals surface area contributed by atoms with Gasteiger partial charge in [-0.25, -0.2) is 0 Å². The highest BCUT2D eigenvalue weighted by Gasteiger charge is 2.32. The first-order valence-electron chi connectivity index (χ1n) is 6.45. The smallest absolute Gasteiger partial charge is 0.305 e. The summed E-state index contributed by atoms with van der Waals surface area (Å²) in [4.78, 5) is 22.2. The first-order chi connectivity index (χ1) is 10.5. The summed E-state index contributed by atoms with van der Waals surface area (Å²) in [6.07, 6.45) is -0.242. The van der Waals surface area contributed by atoms with Gasteiger partial charge in [0.1, 0.15) is 11.0 Å². The molecule has 2 rings (SSSR count). The van der Waals surface area contributed by atoms with Gasteiger partial charge >= 0.3 is 5.97 Å². The van der Waals surface area contributed by atoms with Crippen LogP contribution in [0.3, 0.4) is 0 Å². The molecule has 0 saturated carbocycles. The number of carboxylic acid groups (broad SMARTS) is 1. The highest BCUT2D eigenvalue weighted by Crippen LogP contribution is 2.22. The Kier molecular flexibility index (Phi) is 5.16. The largest absolute Gasteiger partial charge is 0.497 e. The standard InChI is InChI=1S/C14H15N3O4S/c1-8(9-4-3-5-10(6-9)21-2)16-17-14-15-13(20)11(22-14)7-12(18)19/h3-6,11H,7H2,1-2H3,(H,18,19)(H,15,17,20). The van der Waals surface area contributed by atoms with Crippen LogP contribution >= 0.6 is 11.8 Å². The van der Waals surface area contributed by atoms with Crippen LogP contribution in [0.25, 0.3) is 0 Å². The maximum atomic E-state index is 11.6. The quantitative estimate of drug-likeness (QED) is 0.632. The zero-order valence-electron chi connectivity index (χ0n) is 12.1. The number of carbonyl (C=O) groups is 2. The Bertz CT molecular complexity index is 657. The first-order valence-corrected chi connectivity index (χ1v) is 7.33. The van der Waals surface area contributed by atoms with E-state index in [-0.39, 0.29) is 12.3 Å². The Morgan fingerprint density at radius 1 is 1.50 bits per heavy atom. The van der Waals surface area contributed by atoms with Crippen LogP contribution in [0.1, 0.15) is 18.9 Å². The predicted octanol–water partition coefficient (Wildman–Crippen LogP) is 1.48. The molecule has 1 fully saturated rings. The van der Waals surface area contributed by atoms with Gasteiger partial charge in [0.25, 0.3) is 0 Å². The van der Waals surface area contributed by atoms with Crippen LogP contribution in [0.2, 0.25) is 0 Å². The van der Waals surface area contributed by atoms with Crippen LogP contribution in [0.5, 0.6) is 5.75 Å². The Morgan fingerprint density at radius 3 is 2.95 bits per heavy atom. The van der Waals surface area contributed by atoms with Crippen LogP contribution in [0.15, 0.2) is 34.5 Å². The lowest BCUT2D eigenvalue weighted by molar-refractivity contribution is -0.138. The third-order valence-electron chi connectivity index (χ3n) is 2.91. The molecule has 2 N–H and O–H groups in total. The summed E-state index contributed by atoms with van der Waals surface area (Å²) in [6.45, 7) is 1.79. The molecule has 1 aromatic carbocycles. The second-order valence-electron chi connectivity index (χ2n) is 4.52. The third kappa shape index (κ3) is 4.08. The van der Waals surface area contributed by atoms with E-state index in [1.807, 2.05) is 24.3 Å². The number of amidine groups is 1. The van der Waals surface area contributed by atoms with Crippen molar-refractivity contribution in [3.05, 3.63) is 29.8 Å². The van der Waals surface area contributed by atoms with E-state index in [0.29, 0.717) is 16.6 Å². The molecule has 22 heavy (non-hydrogen) atoms. The van der Waals surface area contributed by atoms with Crippen molar-refractivity contribution in [2.24, 2.45) is 10.2 Å². The summed E-state index contributed by atoms with van der Waals surface area (Å²) in [5.41, 5.74) is 1.50. The van der Waals surface area contributed by atoms with Crippen LogP contribution in [-0.2, 0) is 9.59 Å². The molecular formula is C14H15N3O4S. The van der Waals surface area contributed by atoms with E-state index in [4.69, 9.17) is 9.84 Å². The van der Waals surface area contributed by atoms with E-state index in [9.17, 15) is 9.59 Å². The summed E-state index contributed by atoms with van der Waals surface area (Å²) < 4.78 is 5.14. The van der Waals surface area contributed by atoms with Crippen molar-refractivity contribution >= 4 is 34.5 Å². The van der Waals surface area contributed by atoms with Crippen LogP contribution in [0, 0.1) is 0 Å². The summed E-state index contributed by atoms with van der Waals surface area (Å²) >= 11 is 1.07. The van der Waals surface area contributed by atoms with Gasteiger partial charge in [-0.3, -0.25) is 9.59 Å². The minimum atomic E-state index is -1.02. The Morgan fingerprint density at radius 2 is 2.27 bits per heavy atom. The molecule has 0 bridgehead atoms. The van der Waals surface area contributed by atoms with Gasteiger partial charge in [0.15, 0.2) is 5.17 Å². The topological polar surface area (TPSA) is 100 Å². The number of rotatable bonds is 5. The molecule has 116 valence electrons. The molecule has 1 amide bonds. The Hall–Kier alpha value is -2.35. The molecular weight excluding hydrogens is 306 g/mol. The number of amides is 1. The number of thioether (sulfide) groups is 1. The van der Waals surface area contributed by atoms with Gasteiger partial charge in [0.2, 0.25) is 5.91 Å². The van der Waals surface area contributed by atoms with E-state index in [2.05, 4.69) is 15.5 Å². The van der Waals surface area contributed by atoms with Crippen molar-refractivity contribution < 1.29 is 19.4 Å². The number of carbonyl (C=O) groups excluding carboxylic acids is 1. The average molecular weight is 321 g/mol. The molecule has 1 atom stereocenters. The fourth-order valence-corrected chi connectivity index (χ4v) is 2.68. The fourth-order valence-electron chi connectivity index (χ4n) is 1.77. The molecule has 1 aromatic rings. The van der Waals surface area contributed by atoms with E-state index in [1.165, 1.54) is 0 Å². The van der Waals surface area contributed by atoms with Gasteiger partial charge in [-0.1, -0.05) is 23.9 Å². The molecule has 0 radical (unpaired) electrons. The molecule has 1 aliphatic rings. The van der Waals surface area contributed by atoms with E-state index >= 15 is 0 Å². The number of carboxylic acids is 1. The molecule has 0 spiro atoms. The highest BCUT2D eigenvalue weighted by molar-refractivity contribution is 8.15. The van der Waals surface area contributed by atoms with Crippen LogP contribution in [-0.4, -0.2) is 40.2 Å². The third-order valence-corrected chi connectivity index (χ3v) is 3.99. The van der Waals surface area contributed by atoms with Crippen molar-refractivity contribution in [3.8, 4) is 5.75 Å². The molecule has 0 aromatic heterocycles. The molecule has 7 nitrogen and oxygen atoms in total. The second-order valence-corrected chi connectivity index (χ2v) is 5.71. The summed E-state index contributed by atoms with van der Waals surface area (Å²) in [7, 11) is 1.58. The van der Waals surface area contributed by atoms with Crippen molar-refractivity contribution in [2.75, 3.05) is 7.11 Å². The van der Waals surface area contributed by atoms with Crippen molar-refractivity contribution in [3.63, 3.8) is 0 Å². The Balaban J connectivity index is 2.09. The summed E-state index contributed by atoms with van der Waals surface area (Å²) in [5.74, 6) is -0.671. The predicted molar refractivity (Wildman–Crippen MR) is 84.4 cm³/mol. The minimum absolute atomic E-state index is 0.242.